The number of benzene rings is 2. The van der Waals surface area contributed by atoms with Crippen molar-refractivity contribution in [2.45, 2.75) is 0 Å². The maximum absolute atomic E-state index is 11.8. The Hall–Kier alpha value is -3.02. The van der Waals surface area contributed by atoms with Crippen LogP contribution in [0, 0.1) is 0 Å². The maximum Gasteiger partial charge on any atom is 0.259 e. The second kappa shape index (κ2) is 8.43. The van der Waals surface area contributed by atoms with Gasteiger partial charge in [-0.05, 0) is 42.0 Å². The Morgan fingerprint density at radius 1 is 1.09 bits per heavy atom. The van der Waals surface area contributed by atoms with Gasteiger partial charge in [0.05, 0.1) is 32.7 Å². The number of amides is 1. The van der Waals surface area contributed by atoms with Crippen LogP contribution in [0.4, 0.5) is 5.69 Å². The van der Waals surface area contributed by atoms with Gasteiger partial charge in [-0.1, -0.05) is 12.1 Å². The summed E-state index contributed by atoms with van der Waals surface area (Å²) in [7, 11) is 3.19. The van der Waals surface area contributed by atoms with E-state index in [0.717, 1.165) is 17.0 Å². The van der Waals surface area contributed by atoms with Crippen molar-refractivity contribution in [2.24, 2.45) is 5.10 Å². The van der Waals surface area contributed by atoms with Crippen LogP contribution in [-0.4, -0.2) is 32.9 Å². The van der Waals surface area contributed by atoms with Crippen LogP contribution in [0.3, 0.4) is 0 Å². The van der Waals surface area contributed by atoms with E-state index in [1.807, 2.05) is 48.5 Å². The molecule has 0 aliphatic carbocycles. The molecule has 2 N–H and O–H groups in total. The van der Waals surface area contributed by atoms with E-state index < -0.39 is 0 Å². The van der Waals surface area contributed by atoms with Crippen LogP contribution < -0.4 is 20.2 Å². The molecule has 0 spiro atoms. The Bertz CT molecular complexity index is 669. The molecule has 23 heavy (non-hydrogen) atoms. The largest absolute Gasteiger partial charge is 0.497 e. The number of hydrazone groups is 1. The van der Waals surface area contributed by atoms with Crippen LogP contribution in [-0.2, 0) is 4.79 Å². The summed E-state index contributed by atoms with van der Waals surface area (Å²) in [5.41, 5.74) is 4.08. The number of nitrogens with one attached hydrogen (secondary N) is 2. The highest BCUT2D eigenvalue weighted by Crippen LogP contribution is 2.22. The van der Waals surface area contributed by atoms with Gasteiger partial charge in [-0.2, -0.15) is 5.10 Å². The predicted octanol–water partition coefficient (Wildman–Crippen LogP) is 2.27. The normalized spacial score (nSPS) is 10.3. The predicted molar refractivity (Wildman–Crippen MR) is 90.2 cm³/mol. The summed E-state index contributed by atoms with van der Waals surface area (Å²) in [5.74, 6) is 1.20. The van der Waals surface area contributed by atoms with Gasteiger partial charge in [0.25, 0.3) is 5.91 Å². The fourth-order valence-corrected chi connectivity index (χ4v) is 1.87. The number of nitrogens with zero attached hydrogens (tertiary/aromatic N) is 1. The molecule has 0 atom stereocenters. The first-order chi connectivity index (χ1) is 11.2. The summed E-state index contributed by atoms with van der Waals surface area (Å²) in [6, 6.07) is 14.7. The number of hydrogen-bond donors (Lipinski definition) is 2. The zero-order chi connectivity index (χ0) is 16.5. The molecule has 0 radical (unpaired) electrons. The number of anilines is 1. The summed E-state index contributed by atoms with van der Waals surface area (Å²) < 4.78 is 10.3. The number of rotatable bonds is 7. The van der Waals surface area contributed by atoms with Gasteiger partial charge >= 0.3 is 0 Å². The lowest BCUT2D eigenvalue weighted by atomic mass is 10.2. The summed E-state index contributed by atoms with van der Waals surface area (Å²) in [4.78, 5) is 11.8. The molecule has 0 bridgehead atoms. The molecule has 6 nitrogen and oxygen atoms in total. The van der Waals surface area contributed by atoms with Crippen molar-refractivity contribution in [3.05, 3.63) is 54.1 Å². The molecule has 1 amide bonds. The van der Waals surface area contributed by atoms with Crippen molar-refractivity contribution >= 4 is 17.8 Å². The zero-order valence-electron chi connectivity index (χ0n) is 13.1. The molecule has 0 aliphatic heterocycles. The van der Waals surface area contributed by atoms with Gasteiger partial charge in [0.2, 0.25) is 0 Å². The first-order valence-corrected chi connectivity index (χ1v) is 7.06. The highest BCUT2D eigenvalue weighted by atomic mass is 16.5. The van der Waals surface area contributed by atoms with Crippen LogP contribution in [0.1, 0.15) is 5.56 Å². The molecule has 0 aromatic heterocycles. The average Bonchev–Trinajstić information content (AvgIpc) is 2.60. The van der Waals surface area contributed by atoms with Crippen LogP contribution in [0.5, 0.6) is 11.5 Å². The standard InChI is InChI=1S/C17H19N3O3/c1-22-14-9-7-13(8-10-14)11-19-20-17(21)12-18-15-5-3-4-6-16(15)23-2/h3-11,18H,12H2,1-2H3,(H,20,21)/b19-11-. The summed E-state index contributed by atoms with van der Waals surface area (Å²) in [6.45, 7) is 0.0975. The van der Waals surface area contributed by atoms with Gasteiger partial charge in [-0.25, -0.2) is 5.43 Å². The fourth-order valence-electron chi connectivity index (χ4n) is 1.87. The number of hydrogen-bond acceptors (Lipinski definition) is 5. The molecule has 0 unspecified atom stereocenters. The van der Waals surface area contributed by atoms with Crippen LogP contribution >= 0.6 is 0 Å². The zero-order valence-corrected chi connectivity index (χ0v) is 13.1. The summed E-state index contributed by atoms with van der Waals surface area (Å²) >= 11 is 0. The molecule has 2 rings (SSSR count). The number of ether oxygens (including phenoxy) is 2. The molecular formula is C17H19N3O3. The monoisotopic (exact) mass is 313 g/mol. The van der Waals surface area contributed by atoms with Crippen molar-refractivity contribution in [3.8, 4) is 11.5 Å². The molecule has 0 saturated heterocycles. The highest BCUT2D eigenvalue weighted by molar-refractivity contribution is 5.84. The van der Waals surface area contributed by atoms with Gasteiger partial charge in [0.1, 0.15) is 11.5 Å². The number of carbonyl (C=O) groups excluding carboxylic acids is 1. The van der Waals surface area contributed by atoms with Gasteiger partial charge in [0.15, 0.2) is 0 Å². The van der Waals surface area contributed by atoms with Gasteiger partial charge in [-0.15, -0.1) is 0 Å². The van der Waals surface area contributed by atoms with E-state index in [1.165, 1.54) is 0 Å². The SMILES string of the molecule is COc1ccc(/C=N\NC(=O)CNc2ccccc2OC)cc1. The lowest BCUT2D eigenvalue weighted by molar-refractivity contribution is -0.119. The van der Waals surface area contributed by atoms with E-state index >= 15 is 0 Å². The van der Waals surface area contributed by atoms with Crippen molar-refractivity contribution in [1.82, 2.24) is 5.43 Å². The topological polar surface area (TPSA) is 72.0 Å². The molecule has 0 saturated carbocycles. The lowest BCUT2D eigenvalue weighted by Gasteiger charge is -2.09. The van der Waals surface area contributed by atoms with E-state index in [-0.39, 0.29) is 12.5 Å². The van der Waals surface area contributed by atoms with Gasteiger partial charge in [0, 0.05) is 0 Å². The fraction of sp³-hybridized carbons (Fsp3) is 0.176. The summed E-state index contributed by atoms with van der Waals surface area (Å²) in [5, 5.41) is 6.92. The quantitative estimate of drug-likeness (QED) is 0.607. The highest BCUT2D eigenvalue weighted by Gasteiger charge is 2.03. The smallest absolute Gasteiger partial charge is 0.259 e. The molecular weight excluding hydrogens is 294 g/mol. The Morgan fingerprint density at radius 3 is 2.52 bits per heavy atom. The first kappa shape index (κ1) is 16.4. The summed E-state index contributed by atoms with van der Waals surface area (Å²) in [6.07, 6.45) is 1.57. The van der Waals surface area contributed by atoms with E-state index in [0.29, 0.717) is 5.75 Å². The Labute approximate surface area is 135 Å². The second-order valence-corrected chi connectivity index (χ2v) is 4.62. The third kappa shape index (κ3) is 5.03. The maximum atomic E-state index is 11.8. The van der Waals surface area contributed by atoms with Crippen molar-refractivity contribution in [2.75, 3.05) is 26.1 Å². The van der Waals surface area contributed by atoms with Gasteiger partial charge in [-0.3, -0.25) is 4.79 Å². The Balaban J connectivity index is 1.81. The molecule has 6 heteroatoms. The lowest BCUT2D eigenvalue weighted by Crippen LogP contribution is -2.26. The van der Waals surface area contributed by atoms with E-state index in [4.69, 9.17) is 9.47 Å². The van der Waals surface area contributed by atoms with Crippen LogP contribution in [0.25, 0.3) is 0 Å². The van der Waals surface area contributed by atoms with Gasteiger partial charge < -0.3 is 14.8 Å². The minimum atomic E-state index is -0.249. The minimum absolute atomic E-state index is 0.0975. The van der Waals surface area contributed by atoms with Crippen LogP contribution in [0.2, 0.25) is 0 Å². The van der Waals surface area contributed by atoms with Crippen molar-refractivity contribution in [1.29, 1.82) is 0 Å². The second-order valence-electron chi connectivity index (χ2n) is 4.62. The van der Waals surface area contributed by atoms with E-state index in [2.05, 4.69) is 15.8 Å². The first-order valence-electron chi connectivity index (χ1n) is 7.06. The number of carbonyl (C=O) groups is 1. The third-order valence-corrected chi connectivity index (χ3v) is 3.07. The number of para-hydroxylation sites is 2. The van der Waals surface area contributed by atoms with E-state index in [9.17, 15) is 4.79 Å². The molecule has 0 heterocycles. The molecule has 2 aromatic carbocycles. The molecule has 0 fully saturated rings. The van der Waals surface area contributed by atoms with Crippen LogP contribution in [0.15, 0.2) is 53.6 Å². The van der Waals surface area contributed by atoms with E-state index in [1.54, 1.807) is 20.4 Å². The molecule has 120 valence electrons. The Morgan fingerprint density at radius 2 is 1.83 bits per heavy atom. The molecule has 2 aromatic rings. The van der Waals surface area contributed by atoms with Crippen molar-refractivity contribution < 1.29 is 14.3 Å². The average molecular weight is 313 g/mol. The number of methoxy groups -OCH3 is 2. The van der Waals surface area contributed by atoms with Crippen molar-refractivity contribution in [3.63, 3.8) is 0 Å². The third-order valence-electron chi connectivity index (χ3n) is 3.07. The Kier molecular flexibility index (Phi) is 5.99. The minimum Gasteiger partial charge on any atom is -0.497 e. The molecule has 0 aliphatic rings.